The molecule has 2 rings (SSSR count). The van der Waals surface area contributed by atoms with Crippen LogP contribution in [0, 0.1) is 0 Å². The monoisotopic (exact) mass is 297 g/mol. The van der Waals surface area contributed by atoms with E-state index < -0.39 is 5.97 Å². The summed E-state index contributed by atoms with van der Waals surface area (Å²) in [6.07, 6.45) is 1.96. The van der Waals surface area contributed by atoms with E-state index in [1.807, 2.05) is 12.1 Å². The molecule has 1 heterocycles. The molecule has 0 saturated carbocycles. The number of carboxylic acid groups (broad SMARTS) is 1. The van der Waals surface area contributed by atoms with Crippen molar-refractivity contribution in [3.05, 3.63) is 47.0 Å². The maximum atomic E-state index is 11.9. The van der Waals surface area contributed by atoms with Crippen LogP contribution in [0.2, 0.25) is 5.02 Å². The van der Waals surface area contributed by atoms with Crippen molar-refractivity contribution in [2.45, 2.75) is 5.37 Å². The molecule has 100 valence electrons. The molecule has 1 aliphatic rings. The van der Waals surface area contributed by atoms with Crippen molar-refractivity contribution in [3.63, 3.8) is 0 Å². The van der Waals surface area contributed by atoms with Crippen LogP contribution in [-0.4, -0.2) is 34.2 Å². The predicted octanol–water partition coefficient (Wildman–Crippen LogP) is 2.55. The molecule has 1 aromatic carbocycles. The molecule has 19 heavy (non-hydrogen) atoms. The lowest BCUT2D eigenvalue weighted by Gasteiger charge is -2.22. The summed E-state index contributed by atoms with van der Waals surface area (Å²) in [5, 5.41) is 9.11. The first kappa shape index (κ1) is 14.0. The summed E-state index contributed by atoms with van der Waals surface area (Å²) >= 11 is 7.49. The maximum absolute atomic E-state index is 11.9. The van der Waals surface area contributed by atoms with Crippen molar-refractivity contribution in [1.29, 1.82) is 0 Å². The molecule has 1 N–H and O–H groups in total. The lowest BCUT2D eigenvalue weighted by molar-refractivity contribution is -0.132. The van der Waals surface area contributed by atoms with Crippen LogP contribution in [0.4, 0.5) is 0 Å². The summed E-state index contributed by atoms with van der Waals surface area (Å²) in [5.41, 5.74) is 0.990. The molecule has 0 aromatic heterocycles. The van der Waals surface area contributed by atoms with Crippen molar-refractivity contribution >= 4 is 35.2 Å². The van der Waals surface area contributed by atoms with E-state index in [0.29, 0.717) is 11.6 Å². The molecule has 1 fully saturated rings. The second-order valence-electron chi connectivity index (χ2n) is 3.98. The number of rotatable bonds is 3. The van der Waals surface area contributed by atoms with Gasteiger partial charge in [0.15, 0.2) is 0 Å². The Bertz CT molecular complexity index is 515. The van der Waals surface area contributed by atoms with Crippen molar-refractivity contribution in [2.75, 3.05) is 12.3 Å². The molecular formula is C13H12ClNO3S. The summed E-state index contributed by atoms with van der Waals surface area (Å²) < 4.78 is 0. The van der Waals surface area contributed by atoms with E-state index >= 15 is 0 Å². The highest BCUT2D eigenvalue weighted by Gasteiger charge is 2.29. The van der Waals surface area contributed by atoms with Crippen molar-refractivity contribution < 1.29 is 14.7 Å². The number of nitrogens with zero attached hydrogens (tertiary/aromatic N) is 1. The van der Waals surface area contributed by atoms with E-state index in [9.17, 15) is 9.59 Å². The molecule has 1 aromatic rings. The van der Waals surface area contributed by atoms with Crippen LogP contribution in [0.25, 0.3) is 0 Å². The van der Waals surface area contributed by atoms with Gasteiger partial charge < -0.3 is 10.0 Å². The van der Waals surface area contributed by atoms with Gasteiger partial charge in [-0.1, -0.05) is 23.7 Å². The Morgan fingerprint density at radius 3 is 2.63 bits per heavy atom. The molecule has 0 unspecified atom stereocenters. The van der Waals surface area contributed by atoms with E-state index in [1.165, 1.54) is 0 Å². The Hall–Kier alpha value is -1.46. The van der Waals surface area contributed by atoms with Crippen LogP contribution < -0.4 is 0 Å². The predicted molar refractivity (Wildman–Crippen MR) is 75.1 cm³/mol. The minimum atomic E-state index is -1.12. The number of aliphatic carboxylic acids is 1. The molecule has 0 spiro atoms. The summed E-state index contributed by atoms with van der Waals surface area (Å²) in [6.45, 7) is 0.612. The largest absolute Gasteiger partial charge is 0.478 e. The third-order valence-electron chi connectivity index (χ3n) is 2.70. The highest BCUT2D eigenvalue weighted by Crippen LogP contribution is 2.38. The Morgan fingerprint density at radius 1 is 1.32 bits per heavy atom. The number of hydrogen-bond acceptors (Lipinski definition) is 3. The minimum Gasteiger partial charge on any atom is -0.478 e. The Labute approximate surface area is 120 Å². The van der Waals surface area contributed by atoms with Crippen LogP contribution in [0.15, 0.2) is 36.4 Å². The number of benzene rings is 1. The van der Waals surface area contributed by atoms with Crippen molar-refractivity contribution in [1.82, 2.24) is 4.90 Å². The fourth-order valence-electron chi connectivity index (χ4n) is 1.84. The minimum absolute atomic E-state index is 0.0804. The smallest absolute Gasteiger partial charge is 0.328 e. The summed E-state index contributed by atoms with van der Waals surface area (Å²) in [5.74, 6) is -0.574. The summed E-state index contributed by atoms with van der Waals surface area (Å²) in [4.78, 5) is 24.0. The Balaban J connectivity index is 2.14. The average Bonchev–Trinajstić information content (AvgIpc) is 2.86. The zero-order chi connectivity index (χ0) is 13.8. The van der Waals surface area contributed by atoms with E-state index in [0.717, 1.165) is 23.5 Å². The topological polar surface area (TPSA) is 57.6 Å². The molecule has 0 aliphatic carbocycles. The van der Waals surface area contributed by atoms with Gasteiger partial charge in [0, 0.05) is 29.5 Å². The highest BCUT2D eigenvalue weighted by molar-refractivity contribution is 7.99. The normalized spacial score (nSPS) is 19.0. The van der Waals surface area contributed by atoms with Gasteiger partial charge in [-0.2, -0.15) is 0 Å². The van der Waals surface area contributed by atoms with Gasteiger partial charge >= 0.3 is 5.97 Å². The summed E-state index contributed by atoms with van der Waals surface area (Å²) in [6, 6.07) is 7.33. The molecule has 0 bridgehead atoms. The van der Waals surface area contributed by atoms with Gasteiger partial charge in [0.05, 0.1) is 0 Å². The van der Waals surface area contributed by atoms with Gasteiger partial charge in [-0.3, -0.25) is 4.79 Å². The first-order valence-corrected chi connectivity index (χ1v) is 7.09. The Morgan fingerprint density at radius 2 is 2.00 bits per heavy atom. The van der Waals surface area contributed by atoms with E-state index in [4.69, 9.17) is 16.7 Å². The lowest BCUT2D eigenvalue weighted by atomic mass is 10.2. The fourth-order valence-corrected chi connectivity index (χ4v) is 3.23. The Kier molecular flexibility index (Phi) is 4.50. The van der Waals surface area contributed by atoms with Gasteiger partial charge in [-0.25, -0.2) is 4.79 Å². The number of hydrogen-bond donors (Lipinski definition) is 1. The van der Waals surface area contributed by atoms with Crippen LogP contribution in [0.5, 0.6) is 0 Å². The molecule has 1 saturated heterocycles. The standard InChI is InChI=1S/C13H12ClNO3S/c14-10-3-1-9(2-4-10)13-15(7-8-19-13)11(16)5-6-12(17)18/h1-6,13H,7-8H2,(H,17,18)/b6-5+/t13-/m1/s1. The van der Waals surface area contributed by atoms with Gasteiger partial charge in [0.25, 0.3) is 0 Å². The molecule has 1 atom stereocenters. The molecule has 4 nitrogen and oxygen atoms in total. The SMILES string of the molecule is O=C(O)/C=C/C(=O)N1CCS[C@@H]1c1ccc(Cl)cc1. The van der Waals surface area contributed by atoms with Gasteiger partial charge in [-0.05, 0) is 17.7 Å². The van der Waals surface area contributed by atoms with Gasteiger partial charge in [0.1, 0.15) is 5.37 Å². The number of thioether (sulfide) groups is 1. The van der Waals surface area contributed by atoms with E-state index in [1.54, 1.807) is 28.8 Å². The number of carbonyl (C=O) groups excluding carboxylic acids is 1. The highest BCUT2D eigenvalue weighted by atomic mass is 35.5. The molecule has 6 heteroatoms. The van der Waals surface area contributed by atoms with Crippen molar-refractivity contribution in [2.24, 2.45) is 0 Å². The third-order valence-corrected chi connectivity index (χ3v) is 4.21. The third kappa shape index (κ3) is 3.52. The first-order valence-electron chi connectivity index (χ1n) is 5.66. The van der Waals surface area contributed by atoms with Gasteiger partial charge in [-0.15, -0.1) is 11.8 Å². The maximum Gasteiger partial charge on any atom is 0.328 e. The van der Waals surface area contributed by atoms with E-state index in [-0.39, 0.29) is 11.3 Å². The lowest BCUT2D eigenvalue weighted by Crippen LogP contribution is -2.28. The second-order valence-corrected chi connectivity index (χ2v) is 5.60. The number of carbonyl (C=O) groups is 2. The van der Waals surface area contributed by atoms with Crippen LogP contribution in [0.3, 0.4) is 0 Å². The second kappa shape index (κ2) is 6.12. The molecular weight excluding hydrogens is 286 g/mol. The average molecular weight is 298 g/mol. The quantitative estimate of drug-likeness (QED) is 0.871. The molecule has 1 aliphatic heterocycles. The van der Waals surface area contributed by atoms with Gasteiger partial charge in [0.2, 0.25) is 5.91 Å². The van der Waals surface area contributed by atoms with Crippen LogP contribution in [-0.2, 0) is 9.59 Å². The van der Waals surface area contributed by atoms with Crippen LogP contribution >= 0.6 is 23.4 Å². The van der Waals surface area contributed by atoms with Crippen molar-refractivity contribution in [3.8, 4) is 0 Å². The number of amides is 1. The fraction of sp³-hybridized carbons (Fsp3) is 0.231. The zero-order valence-electron chi connectivity index (χ0n) is 9.95. The first-order chi connectivity index (χ1) is 9.08. The molecule has 0 radical (unpaired) electrons. The van der Waals surface area contributed by atoms with Crippen LogP contribution in [0.1, 0.15) is 10.9 Å². The molecule has 1 amide bonds. The summed E-state index contributed by atoms with van der Waals surface area (Å²) in [7, 11) is 0. The number of halogens is 1. The van der Waals surface area contributed by atoms with E-state index in [2.05, 4.69) is 0 Å². The number of carboxylic acids is 1. The zero-order valence-corrected chi connectivity index (χ0v) is 11.5.